The van der Waals surface area contributed by atoms with Gasteiger partial charge in [0.2, 0.25) is 12.8 Å². The van der Waals surface area contributed by atoms with Gasteiger partial charge >= 0.3 is 0 Å². The highest BCUT2D eigenvalue weighted by atomic mass is 17.2. The Morgan fingerprint density at radius 2 is 1.00 bits per heavy atom. The fourth-order valence-electron chi connectivity index (χ4n) is 0.616. The van der Waals surface area contributed by atoms with E-state index in [0.29, 0.717) is 12.8 Å². The molecule has 2 amide bonds. The van der Waals surface area contributed by atoms with Crippen LogP contribution in [-0.2, 0) is 29.1 Å². The molecule has 0 radical (unpaired) electrons. The Morgan fingerprint density at radius 3 is 1.21 bits per heavy atom. The number of carbonyl (C=O) groups is 2. The van der Waals surface area contributed by atoms with Crippen LogP contribution in [0.2, 0.25) is 0 Å². The summed E-state index contributed by atoms with van der Waals surface area (Å²) in [7, 11) is 0. The molecule has 0 bridgehead atoms. The summed E-state index contributed by atoms with van der Waals surface area (Å²) < 4.78 is 0. The SMILES string of the molecule is O=CN1COOCN(C=O)COOC1. The predicted octanol–water partition coefficient (Wildman–Crippen LogP) is -1.36. The summed E-state index contributed by atoms with van der Waals surface area (Å²) in [4.78, 5) is 41.4. The van der Waals surface area contributed by atoms with Crippen LogP contribution in [0.1, 0.15) is 0 Å². The van der Waals surface area contributed by atoms with Crippen LogP contribution < -0.4 is 0 Å². The van der Waals surface area contributed by atoms with Crippen LogP contribution in [0, 0.1) is 0 Å². The van der Waals surface area contributed by atoms with Crippen LogP contribution in [0.3, 0.4) is 0 Å². The normalized spacial score (nSPS) is 20.3. The van der Waals surface area contributed by atoms with Crippen molar-refractivity contribution >= 4 is 12.8 Å². The molecule has 8 heteroatoms. The molecular formula is C6H10N2O6. The topological polar surface area (TPSA) is 77.5 Å². The van der Waals surface area contributed by atoms with Gasteiger partial charge in [0.05, 0.1) is 0 Å². The third kappa shape index (κ3) is 3.66. The largest absolute Gasteiger partial charge is 0.292 e. The van der Waals surface area contributed by atoms with Gasteiger partial charge in [-0.1, -0.05) is 0 Å². The lowest BCUT2D eigenvalue weighted by atomic mass is 10.9. The lowest BCUT2D eigenvalue weighted by Gasteiger charge is -2.21. The van der Waals surface area contributed by atoms with E-state index >= 15 is 0 Å². The van der Waals surface area contributed by atoms with Crippen LogP contribution in [0.25, 0.3) is 0 Å². The Bertz CT molecular complexity index is 157. The highest BCUT2D eigenvalue weighted by Crippen LogP contribution is 1.95. The molecule has 0 aromatic heterocycles. The van der Waals surface area contributed by atoms with Crippen LogP contribution >= 0.6 is 0 Å². The molecule has 1 heterocycles. The lowest BCUT2D eigenvalue weighted by Crippen LogP contribution is -2.34. The van der Waals surface area contributed by atoms with Crippen molar-refractivity contribution in [2.75, 3.05) is 26.9 Å². The Labute approximate surface area is 79.7 Å². The zero-order chi connectivity index (χ0) is 10.2. The van der Waals surface area contributed by atoms with Gasteiger partial charge < -0.3 is 0 Å². The number of carbonyl (C=O) groups excluding carboxylic acids is 2. The zero-order valence-electron chi connectivity index (χ0n) is 7.33. The first-order valence-corrected chi connectivity index (χ1v) is 3.74. The summed E-state index contributed by atoms with van der Waals surface area (Å²) in [5.41, 5.74) is 0. The highest BCUT2D eigenvalue weighted by molar-refractivity contribution is 5.46. The molecule has 0 N–H and O–H groups in total. The zero-order valence-corrected chi connectivity index (χ0v) is 7.33. The molecule has 0 atom stereocenters. The van der Waals surface area contributed by atoms with E-state index in [9.17, 15) is 9.59 Å². The minimum absolute atomic E-state index is 0.0977. The van der Waals surface area contributed by atoms with Crippen LogP contribution in [0.15, 0.2) is 0 Å². The number of nitrogens with zero attached hydrogens (tertiary/aromatic N) is 2. The quantitative estimate of drug-likeness (QED) is 0.410. The molecule has 0 aliphatic carbocycles. The van der Waals surface area contributed by atoms with E-state index in [2.05, 4.69) is 19.6 Å². The van der Waals surface area contributed by atoms with Crippen molar-refractivity contribution in [3.8, 4) is 0 Å². The first-order chi connectivity index (χ1) is 6.86. The molecule has 1 aliphatic rings. The van der Waals surface area contributed by atoms with Gasteiger partial charge in [-0.2, -0.15) is 0 Å². The smallest absolute Gasteiger partial charge is 0.213 e. The monoisotopic (exact) mass is 206 g/mol. The van der Waals surface area contributed by atoms with Crippen molar-refractivity contribution in [2.24, 2.45) is 0 Å². The molecule has 1 fully saturated rings. The molecule has 1 rings (SSSR count). The van der Waals surface area contributed by atoms with E-state index in [4.69, 9.17) is 0 Å². The van der Waals surface area contributed by atoms with Gasteiger partial charge in [0.1, 0.15) is 0 Å². The van der Waals surface area contributed by atoms with Gasteiger partial charge in [0.15, 0.2) is 26.9 Å². The average Bonchev–Trinajstić information content (AvgIpc) is 2.25. The van der Waals surface area contributed by atoms with Gasteiger partial charge in [-0.25, -0.2) is 19.6 Å². The fourth-order valence-corrected chi connectivity index (χ4v) is 0.616. The molecule has 0 aromatic carbocycles. The molecule has 1 aliphatic heterocycles. The van der Waals surface area contributed by atoms with E-state index in [0.717, 1.165) is 9.80 Å². The summed E-state index contributed by atoms with van der Waals surface area (Å²) in [6, 6.07) is 0. The second kappa shape index (κ2) is 6.27. The summed E-state index contributed by atoms with van der Waals surface area (Å²) in [6.07, 6.45) is 1.04. The van der Waals surface area contributed by atoms with Gasteiger partial charge in [-0.15, -0.1) is 0 Å². The first kappa shape index (κ1) is 10.9. The predicted molar refractivity (Wildman–Crippen MR) is 39.6 cm³/mol. The second-order valence-corrected chi connectivity index (χ2v) is 2.38. The molecular weight excluding hydrogens is 196 g/mol. The number of rotatable bonds is 2. The third-order valence-electron chi connectivity index (χ3n) is 1.34. The number of hydrogen-bond donors (Lipinski definition) is 0. The van der Waals surface area contributed by atoms with Gasteiger partial charge in [0.25, 0.3) is 0 Å². The highest BCUT2D eigenvalue weighted by Gasteiger charge is 2.08. The number of amides is 2. The van der Waals surface area contributed by atoms with E-state index in [-0.39, 0.29) is 26.9 Å². The minimum atomic E-state index is -0.0977. The fraction of sp³-hybridized carbons (Fsp3) is 0.667. The molecule has 0 spiro atoms. The molecule has 0 saturated carbocycles. The summed E-state index contributed by atoms with van der Waals surface area (Å²) in [5, 5.41) is 0. The van der Waals surface area contributed by atoms with Crippen molar-refractivity contribution in [2.45, 2.75) is 0 Å². The van der Waals surface area contributed by atoms with E-state index in [1.54, 1.807) is 0 Å². The third-order valence-corrected chi connectivity index (χ3v) is 1.34. The standard InChI is InChI=1S/C6H10N2O6/c9-1-7-3-11-13-5-8(2-10)6-14-12-4-7/h1-2H,3-6H2. The molecule has 1 saturated heterocycles. The van der Waals surface area contributed by atoms with Crippen LogP contribution in [0.4, 0.5) is 0 Å². The molecule has 8 nitrogen and oxygen atoms in total. The van der Waals surface area contributed by atoms with Crippen molar-refractivity contribution in [1.29, 1.82) is 0 Å². The maximum atomic E-state index is 10.3. The van der Waals surface area contributed by atoms with Gasteiger partial charge in [0, 0.05) is 0 Å². The molecule has 0 unspecified atom stereocenters. The summed E-state index contributed by atoms with van der Waals surface area (Å²) >= 11 is 0. The van der Waals surface area contributed by atoms with Crippen LogP contribution in [0.5, 0.6) is 0 Å². The molecule has 80 valence electrons. The Balaban J connectivity index is 2.33. The average molecular weight is 206 g/mol. The summed E-state index contributed by atoms with van der Waals surface area (Å²) in [6.45, 7) is -0.391. The Kier molecular flexibility index (Phi) is 4.86. The van der Waals surface area contributed by atoms with Crippen LogP contribution in [-0.4, -0.2) is 49.5 Å². The summed E-state index contributed by atoms with van der Waals surface area (Å²) in [5.74, 6) is 0. The lowest BCUT2D eigenvalue weighted by molar-refractivity contribution is -0.384. The molecule has 14 heavy (non-hydrogen) atoms. The van der Waals surface area contributed by atoms with E-state index in [1.807, 2.05) is 0 Å². The van der Waals surface area contributed by atoms with Crippen molar-refractivity contribution in [3.05, 3.63) is 0 Å². The number of hydrogen-bond acceptors (Lipinski definition) is 6. The Morgan fingerprint density at radius 1 is 0.714 bits per heavy atom. The first-order valence-electron chi connectivity index (χ1n) is 3.74. The minimum Gasteiger partial charge on any atom is -0.292 e. The van der Waals surface area contributed by atoms with Gasteiger partial charge in [-0.05, 0) is 0 Å². The maximum absolute atomic E-state index is 10.3. The van der Waals surface area contributed by atoms with Crippen molar-refractivity contribution in [3.63, 3.8) is 0 Å². The Hall–Kier alpha value is -1.22. The van der Waals surface area contributed by atoms with Crippen molar-refractivity contribution < 1.29 is 29.1 Å². The van der Waals surface area contributed by atoms with E-state index in [1.165, 1.54) is 0 Å². The molecule has 0 aromatic rings. The van der Waals surface area contributed by atoms with Crippen molar-refractivity contribution in [1.82, 2.24) is 9.80 Å². The maximum Gasteiger partial charge on any atom is 0.213 e. The van der Waals surface area contributed by atoms with Gasteiger partial charge in [-0.3, -0.25) is 19.4 Å². The second-order valence-electron chi connectivity index (χ2n) is 2.38. The van der Waals surface area contributed by atoms with E-state index < -0.39 is 0 Å².